The molecule has 1 heterocycles. The number of rotatable bonds is 9. The Bertz CT molecular complexity index is 930. The number of likely N-dealkylation sites (tertiary alicyclic amines) is 1. The number of benzene rings is 2. The zero-order valence-corrected chi connectivity index (χ0v) is 19.5. The topological polar surface area (TPSA) is 76.2 Å². The average Bonchev–Trinajstić information content (AvgIpc) is 2.81. The molecule has 2 aromatic carbocycles. The summed E-state index contributed by atoms with van der Waals surface area (Å²) < 4.78 is 10.7. The Balaban J connectivity index is 1.99. The second-order valence-electron chi connectivity index (χ2n) is 8.27. The second kappa shape index (κ2) is 11.1. The quantitative estimate of drug-likeness (QED) is 0.430. The predicted molar refractivity (Wildman–Crippen MR) is 124 cm³/mol. The van der Waals surface area contributed by atoms with Gasteiger partial charge in [-0.15, -0.1) is 0 Å². The van der Waals surface area contributed by atoms with Crippen molar-refractivity contribution in [1.82, 2.24) is 9.80 Å². The van der Waals surface area contributed by atoms with Gasteiger partial charge in [-0.3, -0.25) is 19.3 Å². The number of piperidine rings is 1. The van der Waals surface area contributed by atoms with Crippen molar-refractivity contribution in [2.75, 3.05) is 26.8 Å². The molecule has 176 valence electrons. The highest BCUT2D eigenvalue weighted by Crippen LogP contribution is 2.39. The molecule has 33 heavy (non-hydrogen) atoms. The van der Waals surface area contributed by atoms with Crippen LogP contribution in [-0.4, -0.2) is 60.5 Å². The maximum atomic E-state index is 13.3. The standard InChI is InChI=1S/C26H32N2O5/c1-4-32-24(30)26(25(31)33-5-2)16-23(29)28(18-21-14-10-7-11-15-21)19-22(26)27(3)17-20-12-8-6-9-13-20/h6-15,22H,4-5,16-19H2,1-3H3. The van der Waals surface area contributed by atoms with Crippen molar-refractivity contribution in [2.24, 2.45) is 5.41 Å². The molecule has 7 nitrogen and oxygen atoms in total. The van der Waals surface area contributed by atoms with Crippen LogP contribution in [0.25, 0.3) is 0 Å². The summed E-state index contributed by atoms with van der Waals surface area (Å²) in [5.41, 5.74) is 0.294. The van der Waals surface area contributed by atoms with Gasteiger partial charge in [0.2, 0.25) is 5.91 Å². The minimum Gasteiger partial charge on any atom is -0.465 e. The SMILES string of the molecule is CCOC(=O)C1(C(=O)OCC)CC(=O)N(Cc2ccccc2)CC1N(C)Cc1ccccc1. The Morgan fingerprint density at radius 3 is 1.97 bits per heavy atom. The maximum Gasteiger partial charge on any atom is 0.325 e. The third-order valence-corrected chi connectivity index (χ3v) is 6.05. The van der Waals surface area contributed by atoms with E-state index in [4.69, 9.17) is 9.47 Å². The van der Waals surface area contributed by atoms with Crippen LogP contribution in [-0.2, 0) is 36.9 Å². The van der Waals surface area contributed by atoms with E-state index >= 15 is 0 Å². The highest BCUT2D eigenvalue weighted by Gasteiger charge is 2.60. The minimum absolute atomic E-state index is 0.108. The largest absolute Gasteiger partial charge is 0.465 e. The Hall–Kier alpha value is -3.19. The molecule has 0 bridgehead atoms. The lowest BCUT2D eigenvalue weighted by atomic mass is 9.73. The minimum atomic E-state index is -1.72. The highest BCUT2D eigenvalue weighted by molar-refractivity contribution is 6.05. The molecule has 1 amide bonds. The van der Waals surface area contributed by atoms with Gasteiger partial charge in [-0.05, 0) is 32.0 Å². The summed E-state index contributed by atoms with van der Waals surface area (Å²) >= 11 is 0. The first-order valence-electron chi connectivity index (χ1n) is 11.3. The second-order valence-corrected chi connectivity index (χ2v) is 8.27. The van der Waals surface area contributed by atoms with E-state index in [1.54, 1.807) is 18.7 Å². The number of carbonyl (C=O) groups excluding carboxylic acids is 3. The van der Waals surface area contributed by atoms with Crippen LogP contribution < -0.4 is 0 Å². The number of hydrogen-bond donors (Lipinski definition) is 0. The summed E-state index contributed by atoms with van der Waals surface area (Å²) in [6, 6.07) is 18.9. The van der Waals surface area contributed by atoms with Gasteiger partial charge in [-0.1, -0.05) is 60.7 Å². The molecule has 0 spiro atoms. The number of likely N-dealkylation sites (N-methyl/N-ethyl adjacent to an activating group) is 1. The van der Waals surface area contributed by atoms with Gasteiger partial charge in [0.05, 0.1) is 25.7 Å². The van der Waals surface area contributed by atoms with Gasteiger partial charge >= 0.3 is 11.9 Å². The third-order valence-electron chi connectivity index (χ3n) is 6.05. The number of hydrogen-bond acceptors (Lipinski definition) is 6. The van der Waals surface area contributed by atoms with Crippen molar-refractivity contribution in [3.8, 4) is 0 Å². The Kier molecular flexibility index (Phi) is 8.22. The smallest absolute Gasteiger partial charge is 0.325 e. The molecule has 0 aromatic heterocycles. The number of ether oxygens (including phenoxy) is 2. The molecule has 0 N–H and O–H groups in total. The van der Waals surface area contributed by atoms with Gasteiger partial charge in [0.15, 0.2) is 5.41 Å². The van der Waals surface area contributed by atoms with E-state index in [1.807, 2.05) is 72.6 Å². The van der Waals surface area contributed by atoms with E-state index in [-0.39, 0.29) is 32.1 Å². The van der Waals surface area contributed by atoms with Crippen LogP contribution in [0.2, 0.25) is 0 Å². The Labute approximate surface area is 195 Å². The molecule has 2 aromatic rings. The zero-order chi connectivity index (χ0) is 23.8. The van der Waals surface area contributed by atoms with Gasteiger partial charge in [-0.25, -0.2) is 0 Å². The maximum absolute atomic E-state index is 13.3. The van der Waals surface area contributed by atoms with Crippen LogP contribution in [0.1, 0.15) is 31.4 Å². The van der Waals surface area contributed by atoms with Gasteiger partial charge in [-0.2, -0.15) is 0 Å². The fourth-order valence-electron chi connectivity index (χ4n) is 4.41. The number of amides is 1. The van der Waals surface area contributed by atoms with E-state index in [2.05, 4.69) is 0 Å². The molecule has 3 rings (SSSR count). The summed E-state index contributed by atoms with van der Waals surface area (Å²) in [6.45, 7) is 4.69. The van der Waals surface area contributed by atoms with E-state index in [9.17, 15) is 14.4 Å². The molecular formula is C26H32N2O5. The Morgan fingerprint density at radius 2 is 1.45 bits per heavy atom. The third kappa shape index (κ3) is 5.42. The van der Waals surface area contributed by atoms with E-state index in [0.717, 1.165) is 11.1 Å². The van der Waals surface area contributed by atoms with Crippen LogP contribution >= 0.6 is 0 Å². The van der Waals surface area contributed by atoms with E-state index in [1.165, 1.54) is 0 Å². The molecule has 1 aliphatic rings. The van der Waals surface area contributed by atoms with Crippen LogP contribution in [0.4, 0.5) is 0 Å². The molecule has 0 saturated carbocycles. The van der Waals surface area contributed by atoms with Crippen LogP contribution in [0.5, 0.6) is 0 Å². The van der Waals surface area contributed by atoms with Crippen molar-refractivity contribution in [3.63, 3.8) is 0 Å². The summed E-state index contributed by atoms with van der Waals surface area (Å²) in [5, 5.41) is 0. The lowest BCUT2D eigenvalue weighted by Crippen LogP contribution is -2.65. The zero-order valence-electron chi connectivity index (χ0n) is 19.5. The normalized spacial score (nSPS) is 17.6. The number of nitrogens with zero attached hydrogens (tertiary/aromatic N) is 2. The van der Waals surface area contributed by atoms with Crippen molar-refractivity contribution in [2.45, 2.75) is 39.4 Å². The first-order valence-corrected chi connectivity index (χ1v) is 11.3. The highest BCUT2D eigenvalue weighted by atomic mass is 16.6. The fourth-order valence-corrected chi connectivity index (χ4v) is 4.41. The number of esters is 2. The van der Waals surface area contributed by atoms with Crippen molar-refractivity contribution in [3.05, 3.63) is 71.8 Å². The molecule has 1 atom stereocenters. The lowest BCUT2D eigenvalue weighted by molar-refractivity contribution is -0.186. The Morgan fingerprint density at radius 1 is 0.939 bits per heavy atom. The molecule has 1 saturated heterocycles. The lowest BCUT2D eigenvalue weighted by Gasteiger charge is -2.47. The molecular weight excluding hydrogens is 420 g/mol. The van der Waals surface area contributed by atoms with Gasteiger partial charge in [0, 0.05) is 19.6 Å². The average molecular weight is 453 g/mol. The molecule has 7 heteroatoms. The summed E-state index contributed by atoms with van der Waals surface area (Å²) in [6.07, 6.45) is -0.290. The first kappa shape index (κ1) is 24.5. The molecule has 1 aliphatic heterocycles. The van der Waals surface area contributed by atoms with E-state index < -0.39 is 23.4 Å². The van der Waals surface area contributed by atoms with Crippen molar-refractivity contribution in [1.29, 1.82) is 0 Å². The van der Waals surface area contributed by atoms with Gasteiger partial charge < -0.3 is 14.4 Å². The predicted octanol–water partition coefficient (Wildman–Crippen LogP) is 3.03. The molecule has 1 fully saturated rings. The van der Waals surface area contributed by atoms with Crippen molar-refractivity contribution >= 4 is 17.8 Å². The van der Waals surface area contributed by atoms with Crippen LogP contribution in [0.15, 0.2) is 60.7 Å². The van der Waals surface area contributed by atoms with Crippen LogP contribution in [0, 0.1) is 5.41 Å². The summed E-state index contributed by atoms with van der Waals surface area (Å²) in [4.78, 5) is 43.5. The molecule has 0 radical (unpaired) electrons. The molecule has 1 unspecified atom stereocenters. The van der Waals surface area contributed by atoms with Gasteiger partial charge in [0.1, 0.15) is 0 Å². The van der Waals surface area contributed by atoms with Gasteiger partial charge in [0.25, 0.3) is 0 Å². The summed E-state index contributed by atoms with van der Waals surface area (Å²) in [7, 11) is 1.86. The number of carbonyl (C=O) groups is 3. The summed E-state index contributed by atoms with van der Waals surface area (Å²) in [5.74, 6) is -1.69. The van der Waals surface area contributed by atoms with E-state index in [0.29, 0.717) is 13.1 Å². The van der Waals surface area contributed by atoms with Crippen molar-refractivity contribution < 1.29 is 23.9 Å². The first-order chi connectivity index (χ1) is 15.9. The monoisotopic (exact) mass is 452 g/mol. The fraction of sp³-hybridized carbons (Fsp3) is 0.423. The molecule has 0 aliphatic carbocycles. The van der Waals surface area contributed by atoms with Crippen LogP contribution in [0.3, 0.4) is 0 Å².